The van der Waals surface area contributed by atoms with E-state index in [0.29, 0.717) is 16.7 Å². The Morgan fingerprint density at radius 1 is 1.42 bits per heavy atom. The molecule has 0 aliphatic carbocycles. The molecule has 0 saturated carbocycles. The number of hydrogen-bond acceptors (Lipinski definition) is 3. The van der Waals surface area contributed by atoms with E-state index in [1.165, 1.54) is 12.1 Å². The third kappa shape index (κ3) is 5.27. The van der Waals surface area contributed by atoms with E-state index in [1.54, 1.807) is 13.2 Å². The number of benzene rings is 1. The number of carbonyl (C=O) groups excluding carboxylic acids is 1. The fourth-order valence-corrected chi connectivity index (χ4v) is 1.77. The van der Waals surface area contributed by atoms with Gasteiger partial charge in [0.1, 0.15) is 0 Å². The smallest absolute Gasteiger partial charge is 0.335 e. The fraction of sp³-hybridized carbons (Fsp3) is 0.333. The molecule has 0 fully saturated rings. The average Bonchev–Trinajstić information content (AvgIpc) is 2.35. The number of hydrogen-bond donors (Lipinski definition) is 3. The molecular formula is C12H15BrN2O4. The largest absolute Gasteiger partial charge is 0.478 e. The molecule has 0 aromatic heterocycles. The van der Waals surface area contributed by atoms with Crippen molar-refractivity contribution in [2.75, 3.05) is 19.0 Å². The molecule has 0 heterocycles. The number of methoxy groups -OCH3 is 1. The van der Waals surface area contributed by atoms with Crippen LogP contribution in [-0.4, -0.2) is 36.9 Å². The number of ether oxygens (including phenoxy) is 1. The summed E-state index contributed by atoms with van der Waals surface area (Å²) in [6.07, 6.45) is -0.0946. The van der Waals surface area contributed by atoms with Gasteiger partial charge in [-0.3, -0.25) is 0 Å². The highest BCUT2D eigenvalue weighted by Crippen LogP contribution is 2.19. The molecule has 1 aromatic carbocycles. The zero-order valence-electron chi connectivity index (χ0n) is 10.6. The third-order valence-electron chi connectivity index (χ3n) is 2.36. The van der Waals surface area contributed by atoms with E-state index in [1.807, 2.05) is 6.92 Å². The lowest BCUT2D eigenvalue weighted by molar-refractivity contribution is 0.0697. The van der Waals surface area contributed by atoms with Crippen molar-refractivity contribution in [3.63, 3.8) is 0 Å². The number of anilines is 1. The van der Waals surface area contributed by atoms with Gasteiger partial charge >= 0.3 is 12.0 Å². The Hall–Kier alpha value is -1.60. The van der Waals surface area contributed by atoms with Gasteiger partial charge in [-0.2, -0.15) is 0 Å². The predicted molar refractivity (Wildman–Crippen MR) is 74.6 cm³/mol. The molecule has 6 nitrogen and oxygen atoms in total. The molecule has 2 amide bonds. The number of carboxylic acids is 1. The monoisotopic (exact) mass is 330 g/mol. The van der Waals surface area contributed by atoms with E-state index in [2.05, 4.69) is 26.6 Å². The summed E-state index contributed by atoms with van der Waals surface area (Å²) in [5.74, 6) is -1.06. The van der Waals surface area contributed by atoms with Crippen molar-refractivity contribution < 1.29 is 19.4 Å². The zero-order valence-corrected chi connectivity index (χ0v) is 12.2. The summed E-state index contributed by atoms with van der Waals surface area (Å²) in [5, 5.41) is 14.1. The van der Waals surface area contributed by atoms with Gasteiger partial charge < -0.3 is 20.5 Å². The average molecular weight is 331 g/mol. The van der Waals surface area contributed by atoms with Crippen molar-refractivity contribution in [2.45, 2.75) is 13.0 Å². The van der Waals surface area contributed by atoms with Crippen LogP contribution in [0.2, 0.25) is 0 Å². The molecule has 0 aliphatic rings. The van der Waals surface area contributed by atoms with Gasteiger partial charge in [0.2, 0.25) is 0 Å². The minimum Gasteiger partial charge on any atom is -0.478 e. The summed E-state index contributed by atoms with van der Waals surface area (Å²) in [6, 6.07) is 4.04. The Bertz CT molecular complexity index is 479. The lowest BCUT2D eigenvalue weighted by Crippen LogP contribution is -2.34. The van der Waals surface area contributed by atoms with Crippen molar-refractivity contribution in [2.24, 2.45) is 0 Å². The van der Waals surface area contributed by atoms with Crippen molar-refractivity contribution in [3.05, 3.63) is 28.2 Å². The fourth-order valence-electron chi connectivity index (χ4n) is 1.28. The van der Waals surface area contributed by atoms with Gasteiger partial charge in [-0.15, -0.1) is 0 Å². The van der Waals surface area contributed by atoms with Crippen molar-refractivity contribution in [1.82, 2.24) is 5.32 Å². The minimum atomic E-state index is -1.06. The SMILES string of the molecule is COC(C)CNC(=O)Nc1cc(Br)cc(C(=O)O)c1. The van der Waals surface area contributed by atoms with Crippen LogP contribution < -0.4 is 10.6 Å². The van der Waals surface area contributed by atoms with Gasteiger partial charge in [-0.1, -0.05) is 15.9 Å². The van der Waals surface area contributed by atoms with Crippen LogP contribution in [0.5, 0.6) is 0 Å². The summed E-state index contributed by atoms with van der Waals surface area (Å²) >= 11 is 3.19. The Labute approximate surface area is 119 Å². The highest BCUT2D eigenvalue weighted by Gasteiger charge is 2.09. The van der Waals surface area contributed by atoms with Crippen molar-refractivity contribution in [3.8, 4) is 0 Å². The Morgan fingerprint density at radius 3 is 2.68 bits per heavy atom. The number of carboxylic acid groups (broad SMARTS) is 1. The number of amides is 2. The first kappa shape index (κ1) is 15.5. The maximum Gasteiger partial charge on any atom is 0.335 e. The maximum atomic E-state index is 11.6. The summed E-state index contributed by atoms with van der Waals surface area (Å²) in [6.45, 7) is 2.18. The number of aromatic carboxylic acids is 1. The zero-order chi connectivity index (χ0) is 14.4. The quantitative estimate of drug-likeness (QED) is 0.773. The number of urea groups is 1. The van der Waals surface area contributed by atoms with Crippen LogP contribution in [0, 0.1) is 0 Å². The lowest BCUT2D eigenvalue weighted by atomic mass is 10.2. The molecule has 7 heteroatoms. The maximum absolute atomic E-state index is 11.6. The summed E-state index contributed by atoms with van der Waals surface area (Å²) < 4.78 is 5.57. The van der Waals surface area contributed by atoms with E-state index >= 15 is 0 Å². The van der Waals surface area contributed by atoms with E-state index < -0.39 is 12.0 Å². The van der Waals surface area contributed by atoms with Crippen LogP contribution in [0.3, 0.4) is 0 Å². The van der Waals surface area contributed by atoms with Gasteiger partial charge in [0.05, 0.1) is 11.7 Å². The molecule has 1 atom stereocenters. The predicted octanol–water partition coefficient (Wildman–Crippen LogP) is 2.30. The number of rotatable bonds is 5. The normalized spacial score (nSPS) is 11.7. The van der Waals surface area contributed by atoms with Gasteiger partial charge in [0, 0.05) is 23.8 Å². The minimum absolute atomic E-state index is 0.0925. The second kappa shape index (κ2) is 7.10. The van der Waals surface area contributed by atoms with Gasteiger partial charge in [-0.25, -0.2) is 9.59 Å². The van der Waals surface area contributed by atoms with Crippen LogP contribution in [0.1, 0.15) is 17.3 Å². The topological polar surface area (TPSA) is 87.7 Å². The lowest BCUT2D eigenvalue weighted by Gasteiger charge is -2.12. The molecule has 0 saturated heterocycles. The van der Waals surface area contributed by atoms with Crippen LogP contribution in [-0.2, 0) is 4.74 Å². The van der Waals surface area contributed by atoms with Crippen LogP contribution in [0.25, 0.3) is 0 Å². The highest BCUT2D eigenvalue weighted by atomic mass is 79.9. The second-order valence-electron chi connectivity index (χ2n) is 3.92. The Balaban J connectivity index is 2.66. The molecule has 1 rings (SSSR count). The van der Waals surface area contributed by atoms with Crippen LogP contribution >= 0.6 is 15.9 Å². The Morgan fingerprint density at radius 2 is 2.11 bits per heavy atom. The summed E-state index contributed by atoms with van der Waals surface area (Å²) in [4.78, 5) is 22.5. The molecular weight excluding hydrogens is 316 g/mol. The van der Waals surface area contributed by atoms with Crippen LogP contribution in [0.4, 0.5) is 10.5 Å². The molecule has 1 aromatic rings. The van der Waals surface area contributed by atoms with E-state index in [0.717, 1.165) is 0 Å². The summed E-state index contributed by atoms with van der Waals surface area (Å²) in [7, 11) is 1.55. The van der Waals surface area contributed by atoms with E-state index in [4.69, 9.17) is 9.84 Å². The van der Waals surface area contributed by atoms with Crippen molar-refractivity contribution >= 4 is 33.6 Å². The molecule has 1 unspecified atom stereocenters. The molecule has 0 spiro atoms. The second-order valence-corrected chi connectivity index (χ2v) is 4.83. The first-order valence-electron chi connectivity index (χ1n) is 5.54. The summed E-state index contributed by atoms with van der Waals surface area (Å²) in [5.41, 5.74) is 0.490. The molecule has 0 bridgehead atoms. The third-order valence-corrected chi connectivity index (χ3v) is 2.81. The first-order valence-corrected chi connectivity index (χ1v) is 6.33. The first-order chi connectivity index (χ1) is 8.92. The van der Waals surface area contributed by atoms with Gasteiger partial charge in [0.25, 0.3) is 0 Å². The molecule has 19 heavy (non-hydrogen) atoms. The number of carbonyl (C=O) groups is 2. The highest BCUT2D eigenvalue weighted by molar-refractivity contribution is 9.10. The molecule has 0 aliphatic heterocycles. The molecule has 3 N–H and O–H groups in total. The van der Waals surface area contributed by atoms with E-state index in [-0.39, 0.29) is 11.7 Å². The Kier molecular flexibility index (Phi) is 5.78. The van der Waals surface area contributed by atoms with E-state index in [9.17, 15) is 9.59 Å². The number of nitrogens with one attached hydrogen (secondary N) is 2. The standard InChI is InChI=1S/C12H15BrN2O4/c1-7(19-2)6-14-12(18)15-10-4-8(11(16)17)3-9(13)5-10/h3-5,7H,6H2,1-2H3,(H,16,17)(H2,14,15,18). The van der Waals surface area contributed by atoms with Gasteiger partial charge in [-0.05, 0) is 25.1 Å². The molecule has 104 valence electrons. The van der Waals surface area contributed by atoms with Crippen molar-refractivity contribution in [1.29, 1.82) is 0 Å². The van der Waals surface area contributed by atoms with Gasteiger partial charge in [0.15, 0.2) is 0 Å². The molecule has 0 radical (unpaired) electrons. The number of halogens is 1. The van der Waals surface area contributed by atoms with Crippen LogP contribution in [0.15, 0.2) is 22.7 Å².